The number of rotatable bonds is 1. The second-order valence-corrected chi connectivity index (χ2v) is 4.32. The molecule has 3 nitrogen and oxygen atoms in total. The molecule has 0 bridgehead atoms. The van der Waals surface area contributed by atoms with Gasteiger partial charge in [-0.05, 0) is 23.6 Å². The van der Waals surface area contributed by atoms with Crippen LogP contribution in [0.25, 0.3) is 0 Å². The molecule has 0 saturated carbocycles. The highest BCUT2D eigenvalue weighted by atomic mass is 79.9. The number of fused-ring (bicyclic) bond motifs is 1. The largest absolute Gasteiger partial charge is 0.468 e. The molecule has 1 aliphatic rings. The van der Waals surface area contributed by atoms with Gasteiger partial charge < -0.3 is 10.1 Å². The van der Waals surface area contributed by atoms with Gasteiger partial charge >= 0.3 is 5.97 Å². The van der Waals surface area contributed by atoms with E-state index in [1.54, 1.807) is 0 Å². The summed E-state index contributed by atoms with van der Waals surface area (Å²) in [5.41, 5.74) is 2.22. The highest BCUT2D eigenvalue weighted by molar-refractivity contribution is 9.10. The zero-order valence-corrected chi connectivity index (χ0v) is 10.0. The van der Waals surface area contributed by atoms with Crippen LogP contribution >= 0.6 is 15.9 Å². The van der Waals surface area contributed by atoms with E-state index in [2.05, 4.69) is 21.2 Å². The minimum Gasteiger partial charge on any atom is -0.468 e. The average molecular weight is 270 g/mol. The molecule has 80 valence electrons. The Hall–Kier alpha value is -0.870. The van der Waals surface area contributed by atoms with Crippen LogP contribution in [0.15, 0.2) is 22.7 Å². The summed E-state index contributed by atoms with van der Waals surface area (Å²) in [6.45, 7) is 0.801. The van der Waals surface area contributed by atoms with E-state index in [1.165, 1.54) is 12.7 Å². The van der Waals surface area contributed by atoms with Crippen LogP contribution in [0.1, 0.15) is 17.2 Å². The number of hydrogen-bond donors (Lipinski definition) is 1. The molecule has 1 heterocycles. The van der Waals surface area contributed by atoms with Gasteiger partial charge in [-0.15, -0.1) is 0 Å². The smallest absolute Gasteiger partial charge is 0.327 e. The molecule has 0 aliphatic carbocycles. The van der Waals surface area contributed by atoms with Gasteiger partial charge in [0.05, 0.1) is 7.11 Å². The lowest BCUT2D eigenvalue weighted by Crippen LogP contribution is -2.35. The molecule has 0 fully saturated rings. The van der Waals surface area contributed by atoms with Gasteiger partial charge in [-0.1, -0.05) is 28.1 Å². The van der Waals surface area contributed by atoms with Crippen molar-refractivity contribution in [3.63, 3.8) is 0 Å². The van der Waals surface area contributed by atoms with E-state index in [0.29, 0.717) is 0 Å². The summed E-state index contributed by atoms with van der Waals surface area (Å²) in [6, 6.07) is 5.58. The highest BCUT2D eigenvalue weighted by Crippen LogP contribution is 2.29. The zero-order valence-electron chi connectivity index (χ0n) is 8.42. The molecule has 1 aromatic carbocycles. The third-order valence-corrected chi connectivity index (χ3v) is 3.37. The standard InChI is InChI=1S/C11H12BrNO2/c1-15-11(14)10-8-3-2-4-9(12)7(8)5-6-13-10/h2-4,10,13H,5-6H2,1H3/t10-/m0/s1. The molecular formula is C11H12BrNO2. The molecule has 0 spiro atoms. The number of methoxy groups -OCH3 is 1. The van der Waals surface area contributed by atoms with Crippen LogP contribution in [-0.4, -0.2) is 19.6 Å². The van der Waals surface area contributed by atoms with Gasteiger partial charge in [0, 0.05) is 11.0 Å². The number of esters is 1. The predicted molar refractivity (Wildman–Crippen MR) is 60.6 cm³/mol. The molecule has 1 atom stereocenters. The van der Waals surface area contributed by atoms with Crippen LogP contribution < -0.4 is 5.32 Å². The normalized spacial score (nSPS) is 19.5. The average Bonchev–Trinajstić information content (AvgIpc) is 2.28. The van der Waals surface area contributed by atoms with Crippen molar-refractivity contribution in [1.82, 2.24) is 5.32 Å². The van der Waals surface area contributed by atoms with Crippen LogP contribution in [0, 0.1) is 0 Å². The highest BCUT2D eigenvalue weighted by Gasteiger charge is 2.27. The lowest BCUT2D eigenvalue weighted by atomic mass is 9.94. The number of hydrogen-bond acceptors (Lipinski definition) is 3. The van der Waals surface area contributed by atoms with Gasteiger partial charge in [0.2, 0.25) is 0 Å². The molecule has 4 heteroatoms. The quantitative estimate of drug-likeness (QED) is 0.791. The van der Waals surface area contributed by atoms with Crippen molar-refractivity contribution < 1.29 is 9.53 Å². The predicted octanol–water partition coefficient (Wildman–Crippen LogP) is 1.81. The van der Waals surface area contributed by atoms with E-state index >= 15 is 0 Å². The first kappa shape index (κ1) is 10.6. The second kappa shape index (κ2) is 4.33. The maximum absolute atomic E-state index is 11.5. The maximum atomic E-state index is 11.5. The molecule has 0 aromatic heterocycles. The van der Waals surface area contributed by atoms with Gasteiger partial charge in [-0.25, -0.2) is 4.79 Å². The monoisotopic (exact) mass is 269 g/mol. The van der Waals surface area contributed by atoms with Crippen LogP contribution in [0.3, 0.4) is 0 Å². The fourth-order valence-corrected chi connectivity index (χ4v) is 2.47. The third kappa shape index (κ3) is 1.92. The number of carbonyl (C=O) groups excluding carboxylic acids is 1. The molecule has 0 radical (unpaired) electrons. The van der Waals surface area contributed by atoms with Gasteiger partial charge in [0.25, 0.3) is 0 Å². The summed E-state index contributed by atoms with van der Waals surface area (Å²) in [6.07, 6.45) is 0.935. The van der Waals surface area contributed by atoms with E-state index in [9.17, 15) is 4.79 Å². The zero-order chi connectivity index (χ0) is 10.8. The maximum Gasteiger partial charge on any atom is 0.327 e. The van der Waals surface area contributed by atoms with Crippen molar-refractivity contribution in [3.05, 3.63) is 33.8 Å². The molecule has 0 saturated heterocycles. The van der Waals surface area contributed by atoms with E-state index in [-0.39, 0.29) is 12.0 Å². The van der Waals surface area contributed by atoms with E-state index in [4.69, 9.17) is 4.74 Å². The van der Waals surface area contributed by atoms with Crippen molar-refractivity contribution in [2.45, 2.75) is 12.5 Å². The van der Waals surface area contributed by atoms with Crippen molar-refractivity contribution in [3.8, 4) is 0 Å². The number of halogens is 1. The number of carbonyl (C=O) groups is 1. The third-order valence-electron chi connectivity index (χ3n) is 2.63. The number of ether oxygens (including phenoxy) is 1. The van der Waals surface area contributed by atoms with E-state index < -0.39 is 0 Å². The molecule has 2 rings (SSSR count). The fraction of sp³-hybridized carbons (Fsp3) is 0.364. The Bertz CT molecular complexity index is 392. The van der Waals surface area contributed by atoms with Crippen molar-refractivity contribution in [2.75, 3.05) is 13.7 Å². The second-order valence-electron chi connectivity index (χ2n) is 3.47. The van der Waals surface area contributed by atoms with E-state index in [0.717, 1.165) is 23.0 Å². The first-order chi connectivity index (χ1) is 7.24. The SMILES string of the molecule is COC(=O)[C@H]1NCCc2c(Br)cccc21. The molecule has 0 unspecified atom stereocenters. The minimum absolute atomic E-state index is 0.228. The van der Waals surface area contributed by atoms with E-state index in [1.807, 2.05) is 18.2 Å². The van der Waals surface area contributed by atoms with Crippen LogP contribution in [0.2, 0.25) is 0 Å². The van der Waals surface area contributed by atoms with Gasteiger partial charge in [0.1, 0.15) is 6.04 Å². The molecule has 0 amide bonds. The Balaban J connectivity index is 2.42. The molecule has 1 aliphatic heterocycles. The van der Waals surface area contributed by atoms with Crippen LogP contribution in [-0.2, 0) is 16.0 Å². The van der Waals surface area contributed by atoms with Crippen LogP contribution in [0.5, 0.6) is 0 Å². The van der Waals surface area contributed by atoms with Crippen molar-refractivity contribution >= 4 is 21.9 Å². The number of benzene rings is 1. The lowest BCUT2D eigenvalue weighted by Gasteiger charge is -2.25. The number of nitrogens with one attached hydrogen (secondary N) is 1. The molecule has 15 heavy (non-hydrogen) atoms. The van der Waals surface area contributed by atoms with Gasteiger partial charge in [-0.3, -0.25) is 0 Å². The Morgan fingerprint density at radius 3 is 3.13 bits per heavy atom. The van der Waals surface area contributed by atoms with Crippen molar-refractivity contribution in [2.24, 2.45) is 0 Å². The Labute approximate surface area is 96.9 Å². The fourth-order valence-electron chi connectivity index (χ4n) is 1.89. The van der Waals surface area contributed by atoms with Crippen molar-refractivity contribution in [1.29, 1.82) is 0 Å². The lowest BCUT2D eigenvalue weighted by molar-refractivity contribution is -0.143. The van der Waals surface area contributed by atoms with Gasteiger partial charge in [-0.2, -0.15) is 0 Å². The summed E-state index contributed by atoms with van der Waals surface area (Å²) < 4.78 is 5.83. The molecular weight excluding hydrogens is 258 g/mol. The first-order valence-electron chi connectivity index (χ1n) is 4.82. The summed E-state index contributed by atoms with van der Waals surface area (Å²) >= 11 is 3.50. The summed E-state index contributed by atoms with van der Waals surface area (Å²) in [4.78, 5) is 11.5. The summed E-state index contributed by atoms with van der Waals surface area (Å²) in [5.74, 6) is -0.228. The Morgan fingerprint density at radius 2 is 2.40 bits per heavy atom. The Kier molecular flexibility index (Phi) is 3.07. The summed E-state index contributed by atoms with van der Waals surface area (Å²) in [7, 11) is 1.41. The molecule has 1 aromatic rings. The Morgan fingerprint density at radius 1 is 1.60 bits per heavy atom. The minimum atomic E-state index is -0.323. The summed E-state index contributed by atoms with van der Waals surface area (Å²) in [5, 5.41) is 3.16. The molecule has 1 N–H and O–H groups in total. The van der Waals surface area contributed by atoms with Gasteiger partial charge in [0.15, 0.2) is 0 Å². The topological polar surface area (TPSA) is 38.3 Å². The van der Waals surface area contributed by atoms with Crippen LogP contribution in [0.4, 0.5) is 0 Å². The first-order valence-corrected chi connectivity index (χ1v) is 5.62.